The molecule has 0 unspecified atom stereocenters. The zero-order valence-electron chi connectivity index (χ0n) is 17.5. The molecule has 0 fully saturated rings. The van der Waals surface area contributed by atoms with E-state index in [1.54, 1.807) is 49.4 Å². The molecule has 1 atom stereocenters. The summed E-state index contributed by atoms with van der Waals surface area (Å²) in [6, 6.07) is 22.9. The van der Waals surface area contributed by atoms with Crippen LogP contribution in [0.5, 0.6) is 17.2 Å². The van der Waals surface area contributed by atoms with Gasteiger partial charge in [-0.1, -0.05) is 30.3 Å². The molecule has 3 aromatic rings. The third-order valence-corrected chi connectivity index (χ3v) is 5.70. The molecule has 3 rings (SSSR count). The Labute approximate surface area is 182 Å². The van der Waals surface area contributed by atoms with Gasteiger partial charge >= 0.3 is 0 Å². The summed E-state index contributed by atoms with van der Waals surface area (Å²) in [5, 5.41) is 2.82. The van der Waals surface area contributed by atoms with Gasteiger partial charge in [-0.2, -0.15) is 0 Å². The number of carbonyl (C=O) groups is 1. The SMILES string of the molecule is C[C@@H](Oc1ccc(N(C)S(C)(=O)=O)cc1)C(=O)Nc1ccccc1Oc1ccccc1. The Kier molecular flexibility index (Phi) is 6.81. The molecule has 1 amide bonds. The van der Waals surface area contributed by atoms with Gasteiger partial charge in [0.1, 0.15) is 11.5 Å². The number of rotatable bonds is 8. The number of sulfonamides is 1. The molecule has 0 aliphatic carbocycles. The van der Waals surface area contributed by atoms with Crippen molar-refractivity contribution in [3.63, 3.8) is 0 Å². The molecule has 0 saturated carbocycles. The Morgan fingerprint density at radius 3 is 2.16 bits per heavy atom. The van der Waals surface area contributed by atoms with E-state index in [1.165, 1.54) is 7.05 Å². The first-order valence-corrected chi connectivity index (χ1v) is 11.4. The fourth-order valence-electron chi connectivity index (χ4n) is 2.69. The van der Waals surface area contributed by atoms with E-state index in [-0.39, 0.29) is 5.91 Å². The topological polar surface area (TPSA) is 84.9 Å². The fraction of sp³-hybridized carbons (Fsp3) is 0.174. The zero-order chi connectivity index (χ0) is 22.4. The minimum Gasteiger partial charge on any atom is -0.481 e. The lowest BCUT2D eigenvalue weighted by Gasteiger charge is -2.19. The number of hydrogen-bond acceptors (Lipinski definition) is 5. The van der Waals surface area contributed by atoms with E-state index < -0.39 is 16.1 Å². The molecular weight excluding hydrogens is 416 g/mol. The molecule has 0 heterocycles. The molecule has 0 aromatic heterocycles. The number of amides is 1. The summed E-state index contributed by atoms with van der Waals surface area (Å²) in [6.07, 6.45) is 0.340. The fourth-order valence-corrected chi connectivity index (χ4v) is 3.20. The van der Waals surface area contributed by atoms with Crippen LogP contribution in [0.15, 0.2) is 78.9 Å². The minimum atomic E-state index is -3.35. The summed E-state index contributed by atoms with van der Waals surface area (Å²) >= 11 is 0. The summed E-state index contributed by atoms with van der Waals surface area (Å²) in [5.41, 5.74) is 1.02. The molecule has 0 spiro atoms. The normalized spacial score (nSPS) is 12.0. The lowest BCUT2D eigenvalue weighted by atomic mass is 10.2. The van der Waals surface area contributed by atoms with Crippen molar-refractivity contribution in [3.8, 4) is 17.2 Å². The van der Waals surface area contributed by atoms with Crippen LogP contribution in [-0.4, -0.2) is 33.7 Å². The average molecular weight is 441 g/mol. The Bertz CT molecular complexity index is 1130. The van der Waals surface area contributed by atoms with Gasteiger partial charge in [-0.25, -0.2) is 8.42 Å². The highest BCUT2D eigenvalue weighted by molar-refractivity contribution is 7.92. The van der Waals surface area contributed by atoms with Gasteiger partial charge in [-0.15, -0.1) is 0 Å². The smallest absolute Gasteiger partial charge is 0.265 e. The third kappa shape index (κ3) is 5.99. The second-order valence-corrected chi connectivity index (χ2v) is 8.90. The highest BCUT2D eigenvalue weighted by atomic mass is 32.2. The quantitative estimate of drug-likeness (QED) is 0.565. The van der Waals surface area contributed by atoms with E-state index in [4.69, 9.17) is 9.47 Å². The van der Waals surface area contributed by atoms with Crippen LogP contribution in [0.3, 0.4) is 0 Å². The molecule has 1 N–H and O–H groups in total. The number of nitrogens with one attached hydrogen (secondary N) is 1. The molecule has 0 bridgehead atoms. The maximum atomic E-state index is 12.6. The minimum absolute atomic E-state index is 0.346. The van der Waals surface area contributed by atoms with Crippen LogP contribution in [0.25, 0.3) is 0 Å². The van der Waals surface area contributed by atoms with Crippen molar-refractivity contribution in [1.82, 2.24) is 0 Å². The van der Waals surface area contributed by atoms with Gasteiger partial charge in [0.25, 0.3) is 5.91 Å². The van der Waals surface area contributed by atoms with Gasteiger partial charge in [-0.05, 0) is 55.5 Å². The average Bonchev–Trinajstić information content (AvgIpc) is 2.75. The zero-order valence-corrected chi connectivity index (χ0v) is 18.3. The van der Waals surface area contributed by atoms with E-state index in [0.29, 0.717) is 28.6 Å². The summed E-state index contributed by atoms with van der Waals surface area (Å²) in [7, 11) is -1.88. The summed E-state index contributed by atoms with van der Waals surface area (Å²) in [4.78, 5) is 12.6. The maximum Gasteiger partial charge on any atom is 0.265 e. The maximum absolute atomic E-state index is 12.6. The third-order valence-electron chi connectivity index (χ3n) is 4.50. The Hall–Kier alpha value is -3.52. The largest absolute Gasteiger partial charge is 0.481 e. The number of para-hydroxylation sites is 3. The first kappa shape index (κ1) is 22.2. The highest BCUT2D eigenvalue weighted by Crippen LogP contribution is 2.29. The van der Waals surface area contributed by atoms with Crippen LogP contribution in [0.1, 0.15) is 6.92 Å². The van der Waals surface area contributed by atoms with Crippen molar-refractivity contribution in [2.24, 2.45) is 0 Å². The number of benzene rings is 3. The molecule has 3 aromatic carbocycles. The van der Waals surface area contributed by atoms with E-state index in [0.717, 1.165) is 10.6 Å². The van der Waals surface area contributed by atoms with Crippen molar-refractivity contribution < 1.29 is 22.7 Å². The van der Waals surface area contributed by atoms with E-state index >= 15 is 0 Å². The van der Waals surface area contributed by atoms with Gasteiger partial charge in [0.2, 0.25) is 10.0 Å². The van der Waals surface area contributed by atoms with Crippen molar-refractivity contribution in [2.45, 2.75) is 13.0 Å². The van der Waals surface area contributed by atoms with Gasteiger partial charge in [0.05, 0.1) is 17.6 Å². The molecule has 31 heavy (non-hydrogen) atoms. The highest BCUT2D eigenvalue weighted by Gasteiger charge is 2.18. The number of nitrogens with zero attached hydrogens (tertiary/aromatic N) is 1. The first-order chi connectivity index (χ1) is 14.7. The second-order valence-electron chi connectivity index (χ2n) is 6.88. The van der Waals surface area contributed by atoms with E-state index in [9.17, 15) is 13.2 Å². The lowest BCUT2D eigenvalue weighted by Crippen LogP contribution is -2.30. The van der Waals surface area contributed by atoms with Crippen LogP contribution in [0, 0.1) is 0 Å². The van der Waals surface area contributed by atoms with Gasteiger partial charge in [-0.3, -0.25) is 9.10 Å². The molecule has 162 valence electrons. The van der Waals surface area contributed by atoms with Crippen molar-refractivity contribution in [1.29, 1.82) is 0 Å². The Balaban J connectivity index is 1.65. The molecule has 0 radical (unpaired) electrons. The molecular formula is C23H24N2O5S. The molecule has 0 aliphatic heterocycles. The molecule has 0 saturated heterocycles. The van der Waals surface area contributed by atoms with Crippen molar-refractivity contribution in [3.05, 3.63) is 78.9 Å². The molecule has 0 aliphatic rings. The number of anilines is 2. The van der Waals surface area contributed by atoms with Gasteiger partial charge in [0, 0.05) is 7.05 Å². The van der Waals surface area contributed by atoms with Crippen LogP contribution < -0.4 is 19.1 Å². The Morgan fingerprint density at radius 2 is 1.52 bits per heavy atom. The summed E-state index contributed by atoms with van der Waals surface area (Å²) < 4.78 is 36.0. The standard InChI is InChI=1S/C23H24N2O5S/c1-17(29-20-15-13-18(14-16-20)25(2)31(3,27)28)23(26)24-21-11-7-8-12-22(21)30-19-9-5-4-6-10-19/h4-17H,1-3H3,(H,24,26)/t17-/m1/s1. The second kappa shape index (κ2) is 9.53. The number of ether oxygens (including phenoxy) is 2. The predicted molar refractivity (Wildman–Crippen MR) is 121 cm³/mol. The van der Waals surface area contributed by atoms with Crippen LogP contribution >= 0.6 is 0 Å². The number of hydrogen-bond donors (Lipinski definition) is 1. The monoisotopic (exact) mass is 440 g/mol. The Morgan fingerprint density at radius 1 is 0.903 bits per heavy atom. The molecule has 7 nitrogen and oxygen atoms in total. The van der Waals surface area contributed by atoms with Crippen LogP contribution in [-0.2, 0) is 14.8 Å². The van der Waals surface area contributed by atoms with Crippen LogP contribution in [0.2, 0.25) is 0 Å². The summed E-state index contributed by atoms with van der Waals surface area (Å²) in [6.45, 7) is 1.63. The van der Waals surface area contributed by atoms with E-state index in [2.05, 4.69) is 5.32 Å². The predicted octanol–water partition coefficient (Wildman–Crippen LogP) is 4.28. The molecule has 8 heteroatoms. The van der Waals surface area contributed by atoms with Crippen molar-refractivity contribution >= 4 is 27.3 Å². The van der Waals surface area contributed by atoms with Gasteiger partial charge in [0.15, 0.2) is 11.9 Å². The lowest BCUT2D eigenvalue weighted by molar-refractivity contribution is -0.122. The number of carbonyl (C=O) groups excluding carboxylic acids is 1. The van der Waals surface area contributed by atoms with Gasteiger partial charge < -0.3 is 14.8 Å². The van der Waals surface area contributed by atoms with Crippen molar-refractivity contribution in [2.75, 3.05) is 22.9 Å². The van der Waals surface area contributed by atoms with E-state index in [1.807, 2.05) is 36.4 Å². The first-order valence-electron chi connectivity index (χ1n) is 9.57. The summed E-state index contributed by atoms with van der Waals surface area (Å²) in [5.74, 6) is 1.28. The van der Waals surface area contributed by atoms with Crippen LogP contribution in [0.4, 0.5) is 11.4 Å².